The number of ether oxygens (including phenoxy) is 1. The molecule has 0 N–H and O–H groups in total. The fourth-order valence-electron chi connectivity index (χ4n) is 3.52. The zero-order chi connectivity index (χ0) is 22.4. The molecule has 0 bridgehead atoms. The van der Waals surface area contributed by atoms with Crippen molar-refractivity contribution in [3.8, 4) is 0 Å². The SMILES string of the molecule is CSc1nn2c3c(cnc2c1S(=O)(=O)c1ccccc1)CN(C(=O)OC(C)(C)C)CC3. The minimum atomic E-state index is -3.79. The van der Waals surface area contributed by atoms with Gasteiger partial charge in [0.25, 0.3) is 0 Å². The van der Waals surface area contributed by atoms with Crippen molar-refractivity contribution in [2.75, 3.05) is 12.8 Å². The van der Waals surface area contributed by atoms with Crippen molar-refractivity contribution in [3.05, 3.63) is 47.8 Å². The van der Waals surface area contributed by atoms with Crippen LogP contribution in [0.3, 0.4) is 0 Å². The summed E-state index contributed by atoms with van der Waals surface area (Å²) < 4.78 is 33.8. The molecule has 10 heteroatoms. The van der Waals surface area contributed by atoms with E-state index < -0.39 is 15.4 Å². The fourth-order valence-corrected chi connectivity index (χ4v) is 5.94. The number of amides is 1. The van der Waals surface area contributed by atoms with Crippen molar-refractivity contribution in [1.29, 1.82) is 0 Å². The summed E-state index contributed by atoms with van der Waals surface area (Å²) in [4.78, 5) is 18.9. The van der Waals surface area contributed by atoms with Crippen LogP contribution in [0.15, 0.2) is 51.3 Å². The van der Waals surface area contributed by atoms with E-state index in [-0.39, 0.29) is 15.9 Å². The Balaban J connectivity index is 1.77. The Kier molecular flexibility index (Phi) is 5.47. The van der Waals surface area contributed by atoms with Gasteiger partial charge in [0.05, 0.1) is 17.1 Å². The lowest BCUT2D eigenvalue weighted by Gasteiger charge is -2.31. The van der Waals surface area contributed by atoms with Gasteiger partial charge in [-0.3, -0.25) is 0 Å². The average Bonchev–Trinajstić information content (AvgIpc) is 3.12. The van der Waals surface area contributed by atoms with E-state index in [0.29, 0.717) is 30.2 Å². The third-order valence-electron chi connectivity index (χ3n) is 4.90. The van der Waals surface area contributed by atoms with Crippen LogP contribution in [-0.2, 0) is 27.5 Å². The summed E-state index contributed by atoms with van der Waals surface area (Å²) in [5, 5.41) is 4.97. The summed E-state index contributed by atoms with van der Waals surface area (Å²) in [5.41, 5.74) is 1.41. The largest absolute Gasteiger partial charge is 0.444 e. The van der Waals surface area contributed by atoms with Crippen molar-refractivity contribution in [2.24, 2.45) is 0 Å². The summed E-state index contributed by atoms with van der Waals surface area (Å²) in [5.74, 6) is 0. The summed E-state index contributed by atoms with van der Waals surface area (Å²) in [6, 6.07) is 8.30. The monoisotopic (exact) mass is 460 g/mol. The number of rotatable bonds is 3. The topological polar surface area (TPSA) is 93.9 Å². The standard InChI is InChI=1S/C21H24N4O4S2/c1-21(2,3)29-20(26)24-11-10-16-14(13-24)12-22-18-17(19(30-4)23-25(16)18)31(27,28)15-8-6-5-7-9-15/h5-9,12H,10-11,13H2,1-4H3. The van der Waals surface area contributed by atoms with Crippen molar-refractivity contribution in [3.63, 3.8) is 0 Å². The highest BCUT2D eigenvalue weighted by Crippen LogP contribution is 2.33. The first kappa shape index (κ1) is 21.6. The molecule has 1 aromatic carbocycles. The van der Waals surface area contributed by atoms with Gasteiger partial charge in [0.2, 0.25) is 9.84 Å². The molecule has 1 aliphatic heterocycles. The van der Waals surface area contributed by atoms with Crippen LogP contribution < -0.4 is 0 Å². The molecule has 4 rings (SSSR count). The number of benzene rings is 1. The van der Waals surface area contributed by atoms with Crippen molar-refractivity contribution >= 4 is 33.3 Å². The number of hydrogen-bond donors (Lipinski definition) is 0. The first-order valence-corrected chi connectivity index (χ1v) is 12.5. The number of hydrogen-bond acceptors (Lipinski definition) is 7. The highest BCUT2D eigenvalue weighted by Gasteiger charge is 2.32. The molecule has 0 spiro atoms. The molecule has 2 aromatic heterocycles. The molecule has 0 atom stereocenters. The smallest absolute Gasteiger partial charge is 0.410 e. The second kappa shape index (κ2) is 7.83. The van der Waals surface area contributed by atoms with Gasteiger partial charge in [0.1, 0.15) is 10.6 Å². The third-order valence-corrected chi connectivity index (χ3v) is 7.51. The molecule has 0 unspecified atom stereocenters. The molecule has 8 nitrogen and oxygen atoms in total. The Morgan fingerprint density at radius 2 is 1.90 bits per heavy atom. The first-order chi connectivity index (χ1) is 14.6. The molecule has 0 saturated carbocycles. The van der Waals surface area contributed by atoms with Gasteiger partial charge >= 0.3 is 6.09 Å². The van der Waals surface area contributed by atoms with Crippen molar-refractivity contribution < 1.29 is 17.9 Å². The normalized spacial score (nSPS) is 14.5. The number of aromatic nitrogens is 3. The molecule has 3 heterocycles. The zero-order valence-electron chi connectivity index (χ0n) is 17.8. The molecule has 0 radical (unpaired) electrons. The maximum Gasteiger partial charge on any atom is 0.410 e. The predicted molar refractivity (Wildman–Crippen MR) is 117 cm³/mol. The predicted octanol–water partition coefficient (Wildman–Crippen LogP) is 3.58. The number of fused-ring (bicyclic) bond motifs is 3. The van der Waals surface area contributed by atoms with E-state index in [0.717, 1.165) is 11.3 Å². The highest BCUT2D eigenvalue weighted by molar-refractivity contribution is 7.99. The molecule has 31 heavy (non-hydrogen) atoms. The summed E-state index contributed by atoms with van der Waals surface area (Å²) in [6.07, 6.45) is 3.57. The van der Waals surface area contributed by atoms with Gasteiger partial charge < -0.3 is 9.64 Å². The van der Waals surface area contributed by atoms with Crippen LogP contribution in [0, 0.1) is 0 Å². The minimum absolute atomic E-state index is 0.114. The van der Waals surface area contributed by atoms with Crippen molar-refractivity contribution in [1.82, 2.24) is 19.5 Å². The second-order valence-electron chi connectivity index (χ2n) is 8.27. The Labute approximate surface area is 185 Å². The van der Waals surface area contributed by atoms with Crippen LogP contribution in [0.25, 0.3) is 5.65 Å². The molecular weight excluding hydrogens is 436 g/mol. The zero-order valence-corrected chi connectivity index (χ0v) is 19.5. The lowest BCUT2D eigenvalue weighted by molar-refractivity contribution is 0.0222. The van der Waals surface area contributed by atoms with Crippen LogP contribution in [0.4, 0.5) is 4.79 Å². The number of thioether (sulfide) groups is 1. The molecule has 1 amide bonds. The van der Waals surface area contributed by atoms with E-state index in [1.165, 1.54) is 11.8 Å². The quantitative estimate of drug-likeness (QED) is 0.552. The molecule has 0 aliphatic carbocycles. The van der Waals surface area contributed by atoms with Gasteiger partial charge in [-0.05, 0) is 39.2 Å². The number of sulfone groups is 1. The molecule has 0 saturated heterocycles. The molecule has 164 valence electrons. The van der Waals surface area contributed by atoms with E-state index in [1.807, 2.05) is 20.8 Å². The van der Waals surface area contributed by atoms with Crippen LogP contribution in [0.2, 0.25) is 0 Å². The minimum Gasteiger partial charge on any atom is -0.444 e. The average molecular weight is 461 g/mol. The van der Waals surface area contributed by atoms with Gasteiger partial charge in [-0.2, -0.15) is 5.10 Å². The number of nitrogens with zero attached hydrogens (tertiary/aromatic N) is 4. The lowest BCUT2D eigenvalue weighted by Crippen LogP contribution is -2.40. The maximum atomic E-state index is 13.4. The van der Waals surface area contributed by atoms with Crippen LogP contribution >= 0.6 is 11.8 Å². The van der Waals surface area contributed by atoms with Crippen LogP contribution in [0.1, 0.15) is 32.0 Å². The van der Waals surface area contributed by atoms with E-state index in [4.69, 9.17) is 4.74 Å². The molecule has 0 fully saturated rings. The van der Waals surface area contributed by atoms with Crippen molar-refractivity contribution in [2.45, 2.75) is 54.2 Å². The highest BCUT2D eigenvalue weighted by atomic mass is 32.2. The van der Waals surface area contributed by atoms with Gasteiger partial charge in [-0.15, -0.1) is 11.8 Å². The fraction of sp³-hybridized carbons (Fsp3) is 0.381. The van der Waals surface area contributed by atoms with E-state index in [1.54, 1.807) is 52.2 Å². The van der Waals surface area contributed by atoms with Gasteiger partial charge in [-0.1, -0.05) is 18.2 Å². The van der Waals surface area contributed by atoms with Gasteiger partial charge in [0, 0.05) is 24.7 Å². The number of carbonyl (C=O) groups excluding carboxylic acids is 1. The summed E-state index contributed by atoms with van der Waals surface area (Å²) in [7, 11) is -3.79. The molecular formula is C21H24N4O4S2. The number of carbonyl (C=O) groups is 1. The maximum absolute atomic E-state index is 13.4. The Bertz CT molecular complexity index is 1250. The first-order valence-electron chi connectivity index (χ1n) is 9.83. The molecule has 3 aromatic rings. The third kappa shape index (κ3) is 4.01. The van der Waals surface area contributed by atoms with E-state index in [9.17, 15) is 13.2 Å². The van der Waals surface area contributed by atoms with E-state index in [2.05, 4.69) is 10.1 Å². The second-order valence-corrected chi connectivity index (χ2v) is 11.0. The van der Waals surface area contributed by atoms with Crippen LogP contribution in [0.5, 0.6) is 0 Å². The van der Waals surface area contributed by atoms with Gasteiger partial charge in [0.15, 0.2) is 10.5 Å². The Hall–Kier alpha value is -2.59. The molecule has 1 aliphatic rings. The summed E-state index contributed by atoms with van der Waals surface area (Å²) in [6.45, 7) is 6.28. The van der Waals surface area contributed by atoms with Gasteiger partial charge in [-0.25, -0.2) is 22.7 Å². The summed E-state index contributed by atoms with van der Waals surface area (Å²) >= 11 is 1.27. The lowest BCUT2D eigenvalue weighted by atomic mass is 10.1. The Morgan fingerprint density at radius 3 is 2.55 bits per heavy atom. The van der Waals surface area contributed by atoms with Crippen LogP contribution in [-0.4, -0.2) is 52.4 Å². The Morgan fingerprint density at radius 1 is 1.19 bits per heavy atom. The van der Waals surface area contributed by atoms with E-state index >= 15 is 0 Å².